The second-order valence-corrected chi connectivity index (χ2v) is 1.82. The summed E-state index contributed by atoms with van der Waals surface area (Å²) >= 11 is 0. The summed E-state index contributed by atoms with van der Waals surface area (Å²) < 4.78 is 0. The first-order valence-electron chi connectivity index (χ1n) is 2.97. The summed E-state index contributed by atoms with van der Waals surface area (Å²) in [5.41, 5.74) is 0.762. The summed E-state index contributed by atoms with van der Waals surface area (Å²) in [6.45, 7) is 1.96. The highest BCUT2D eigenvalue weighted by molar-refractivity contribution is 6.51. The van der Waals surface area contributed by atoms with Crippen molar-refractivity contribution in [3.63, 3.8) is 0 Å². The molecule has 0 spiro atoms. The fraction of sp³-hybridized carbons (Fsp3) is 0.167. The Morgan fingerprint density at radius 3 is 2.89 bits per heavy atom. The van der Waals surface area contributed by atoms with E-state index >= 15 is 0 Å². The lowest BCUT2D eigenvalue weighted by atomic mass is 9.77. The predicted molar refractivity (Wildman–Crippen MR) is 38.5 cm³/mol. The van der Waals surface area contributed by atoms with E-state index in [-0.39, 0.29) is 0 Å². The average Bonchev–Trinajstić information content (AvgIpc) is 1.89. The van der Waals surface area contributed by atoms with Gasteiger partial charge >= 0.3 is 0 Å². The van der Waals surface area contributed by atoms with Gasteiger partial charge in [0, 0.05) is 11.8 Å². The zero-order valence-electron chi connectivity index (χ0n) is 5.33. The highest BCUT2D eigenvalue weighted by Crippen LogP contribution is 1.97. The lowest BCUT2D eigenvalue weighted by molar-refractivity contribution is 0.477. The first-order chi connectivity index (χ1) is 4.34. The van der Waals surface area contributed by atoms with Gasteiger partial charge in [-0.3, -0.25) is 4.98 Å². The number of aromatic nitrogens is 1. The molecule has 0 bridgehead atoms. The Kier molecular flexibility index (Phi) is 1.73. The molecule has 1 heterocycles. The van der Waals surface area contributed by atoms with Gasteiger partial charge in [0.2, 0.25) is 0 Å². The van der Waals surface area contributed by atoms with Crippen molar-refractivity contribution in [2.75, 3.05) is 0 Å². The molecular weight excluding hydrogens is 113 g/mol. The average molecular weight is 121 g/mol. The first-order valence-corrected chi connectivity index (χ1v) is 2.97. The van der Waals surface area contributed by atoms with Crippen LogP contribution in [0.25, 0.3) is 0 Å². The van der Waals surface area contributed by atoms with E-state index in [1.165, 1.54) is 0 Å². The van der Waals surface area contributed by atoms with Crippen LogP contribution in [0.15, 0.2) is 18.3 Å². The van der Waals surface area contributed by atoms with Crippen molar-refractivity contribution < 1.29 is 5.11 Å². The topological polar surface area (TPSA) is 33.1 Å². The van der Waals surface area contributed by atoms with E-state index in [2.05, 4.69) is 4.98 Å². The molecule has 0 aliphatic heterocycles. The second-order valence-electron chi connectivity index (χ2n) is 1.82. The first kappa shape index (κ1) is 6.14. The number of aromatic hydroxyl groups is 1. The Morgan fingerprint density at radius 2 is 2.44 bits per heavy atom. The fourth-order valence-corrected chi connectivity index (χ4v) is 0.702. The van der Waals surface area contributed by atoms with Crippen LogP contribution in [0, 0.1) is 0 Å². The maximum absolute atomic E-state index is 9.05. The van der Waals surface area contributed by atoms with Crippen molar-refractivity contribution in [2.24, 2.45) is 0 Å². The SMILES string of the molecule is CBc1ncccc1O. The van der Waals surface area contributed by atoms with Crippen LogP contribution in [0.4, 0.5) is 0 Å². The molecule has 1 rings (SSSR count). The summed E-state index contributed by atoms with van der Waals surface area (Å²) in [5.74, 6) is 0.292. The van der Waals surface area contributed by atoms with Gasteiger partial charge in [0.1, 0.15) is 5.75 Å². The van der Waals surface area contributed by atoms with Gasteiger partial charge in [-0.1, -0.05) is 6.82 Å². The summed E-state index contributed by atoms with van der Waals surface area (Å²) in [6.07, 6.45) is 1.68. The molecule has 1 N–H and O–H groups in total. The second kappa shape index (κ2) is 2.53. The molecule has 46 valence electrons. The zero-order valence-corrected chi connectivity index (χ0v) is 5.33. The Labute approximate surface area is 54.8 Å². The largest absolute Gasteiger partial charge is 0.507 e. The number of hydrogen-bond acceptors (Lipinski definition) is 2. The molecule has 0 fully saturated rings. The number of hydrogen-bond donors (Lipinski definition) is 1. The monoisotopic (exact) mass is 121 g/mol. The molecule has 0 saturated heterocycles. The van der Waals surface area contributed by atoms with Crippen LogP contribution in [0.5, 0.6) is 5.75 Å². The molecule has 0 atom stereocenters. The maximum Gasteiger partial charge on any atom is 0.184 e. The van der Waals surface area contributed by atoms with E-state index in [1.54, 1.807) is 18.3 Å². The van der Waals surface area contributed by atoms with Gasteiger partial charge in [0.05, 0.1) is 0 Å². The molecule has 0 unspecified atom stereocenters. The van der Waals surface area contributed by atoms with Crippen LogP contribution >= 0.6 is 0 Å². The molecule has 0 saturated carbocycles. The minimum atomic E-state index is 0.292. The molecule has 0 radical (unpaired) electrons. The van der Waals surface area contributed by atoms with Crippen molar-refractivity contribution in [1.82, 2.24) is 4.98 Å². The van der Waals surface area contributed by atoms with E-state index in [9.17, 15) is 0 Å². The third-order valence-electron chi connectivity index (χ3n) is 1.20. The van der Waals surface area contributed by atoms with Crippen molar-refractivity contribution in [3.8, 4) is 5.75 Å². The molecule has 0 aliphatic carbocycles. The molecular formula is C6H8BNO. The van der Waals surface area contributed by atoms with Gasteiger partial charge < -0.3 is 5.11 Å². The van der Waals surface area contributed by atoms with Crippen LogP contribution in [-0.4, -0.2) is 17.4 Å². The molecule has 1 aromatic rings. The molecule has 0 amide bonds. The number of pyridine rings is 1. The molecule has 2 nitrogen and oxygen atoms in total. The standard InChI is InChI=1S/C6H8BNO/c1-7-6-5(9)3-2-4-8-6/h2-4,7,9H,1H3. The van der Waals surface area contributed by atoms with Crippen LogP contribution in [0.2, 0.25) is 6.82 Å². The van der Waals surface area contributed by atoms with Crippen LogP contribution < -0.4 is 5.59 Å². The van der Waals surface area contributed by atoms with E-state index in [4.69, 9.17) is 5.11 Å². The molecule has 1 aromatic heterocycles. The van der Waals surface area contributed by atoms with Crippen LogP contribution in [0.1, 0.15) is 0 Å². The van der Waals surface area contributed by atoms with E-state index in [0.717, 1.165) is 12.9 Å². The summed E-state index contributed by atoms with van der Waals surface area (Å²) in [5, 5.41) is 9.05. The van der Waals surface area contributed by atoms with Gasteiger partial charge in [-0.25, -0.2) is 0 Å². The summed E-state index contributed by atoms with van der Waals surface area (Å²) in [6, 6.07) is 3.36. The van der Waals surface area contributed by atoms with Gasteiger partial charge in [-0.2, -0.15) is 0 Å². The molecule has 9 heavy (non-hydrogen) atoms. The number of rotatable bonds is 1. The van der Waals surface area contributed by atoms with Crippen molar-refractivity contribution in [1.29, 1.82) is 0 Å². The quantitative estimate of drug-likeness (QED) is 0.526. The normalized spacial score (nSPS) is 9.00. The van der Waals surface area contributed by atoms with Gasteiger partial charge in [-0.05, 0) is 12.1 Å². The summed E-state index contributed by atoms with van der Waals surface area (Å²) in [7, 11) is 0.784. The molecule has 3 heteroatoms. The Hall–Kier alpha value is -0.985. The van der Waals surface area contributed by atoms with Crippen molar-refractivity contribution in [2.45, 2.75) is 6.82 Å². The Bertz CT molecular complexity index is 202. The smallest absolute Gasteiger partial charge is 0.184 e. The highest BCUT2D eigenvalue weighted by Gasteiger charge is 1.95. The maximum atomic E-state index is 9.05. The molecule has 0 aromatic carbocycles. The van der Waals surface area contributed by atoms with Crippen molar-refractivity contribution in [3.05, 3.63) is 18.3 Å². The van der Waals surface area contributed by atoms with Gasteiger partial charge in [0.15, 0.2) is 7.28 Å². The van der Waals surface area contributed by atoms with E-state index in [1.807, 2.05) is 6.82 Å². The zero-order chi connectivity index (χ0) is 6.69. The van der Waals surface area contributed by atoms with E-state index < -0.39 is 0 Å². The van der Waals surface area contributed by atoms with Gasteiger partial charge in [-0.15, -0.1) is 0 Å². The predicted octanol–water partition coefficient (Wildman–Crippen LogP) is -0.103. The molecule has 0 aliphatic rings. The lowest BCUT2D eigenvalue weighted by Gasteiger charge is -1.95. The van der Waals surface area contributed by atoms with Crippen molar-refractivity contribution >= 4 is 12.9 Å². The van der Waals surface area contributed by atoms with Gasteiger partial charge in [0.25, 0.3) is 0 Å². The van der Waals surface area contributed by atoms with E-state index in [0.29, 0.717) is 5.75 Å². The Morgan fingerprint density at radius 1 is 1.67 bits per heavy atom. The Balaban J connectivity index is 3.01. The third-order valence-corrected chi connectivity index (χ3v) is 1.20. The lowest BCUT2D eigenvalue weighted by Crippen LogP contribution is -2.14. The minimum Gasteiger partial charge on any atom is -0.507 e. The third kappa shape index (κ3) is 1.22. The summed E-state index contributed by atoms with van der Waals surface area (Å²) in [4.78, 5) is 3.95. The fourth-order valence-electron chi connectivity index (χ4n) is 0.702. The van der Waals surface area contributed by atoms with Crippen LogP contribution in [0.3, 0.4) is 0 Å². The van der Waals surface area contributed by atoms with Crippen LogP contribution in [-0.2, 0) is 0 Å². The highest BCUT2D eigenvalue weighted by atomic mass is 16.3. The minimum absolute atomic E-state index is 0.292. The number of nitrogens with zero attached hydrogens (tertiary/aromatic N) is 1.